The fraction of sp³-hybridized carbons (Fsp3) is 0.154. The molecular formula is C26H20FI2NO4. The van der Waals surface area contributed by atoms with Crippen molar-refractivity contribution in [2.45, 2.75) is 20.5 Å². The highest BCUT2D eigenvalue weighted by Crippen LogP contribution is 2.36. The normalized spacial score (nSPS) is 14.2. The zero-order chi connectivity index (χ0) is 24.2. The molecule has 0 fully saturated rings. The number of aryl methyl sites for hydroxylation is 1. The smallest absolute Gasteiger partial charge is 0.363 e. The highest BCUT2D eigenvalue weighted by Gasteiger charge is 2.25. The minimum Gasteiger partial charge on any atom is -0.490 e. The molecule has 1 heterocycles. The first-order valence-corrected chi connectivity index (χ1v) is 12.6. The van der Waals surface area contributed by atoms with Crippen LogP contribution in [-0.2, 0) is 16.1 Å². The molecule has 0 aromatic heterocycles. The lowest BCUT2D eigenvalue weighted by molar-refractivity contribution is -0.129. The summed E-state index contributed by atoms with van der Waals surface area (Å²) < 4.78 is 32.6. The number of nitrogens with zero attached hydrogens (tertiary/aromatic N) is 1. The Morgan fingerprint density at radius 2 is 1.88 bits per heavy atom. The number of carbonyl (C=O) groups excluding carboxylic acids is 1. The molecule has 0 atom stereocenters. The van der Waals surface area contributed by atoms with Crippen LogP contribution in [0.3, 0.4) is 0 Å². The van der Waals surface area contributed by atoms with E-state index in [0.717, 1.165) is 23.8 Å². The molecule has 4 rings (SSSR count). The van der Waals surface area contributed by atoms with Crippen LogP contribution >= 0.6 is 45.2 Å². The molecular weight excluding hydrogens is 663 g/mol. The van der Waals surface area contributed by atoms with Crippen molar-refractivity contribution in [1.82, 2.24) is 0 Å². The van der Waals surface area contributed by atoms with Crippen LogP contribution in [0.2, 0.25) is 0 Å². The third kappa shape index (κ3) is 5.77. The largest absolute Gasteiger partial charge is 0.490 e. The van der Waals surface area contributed by atoms with Crippen molar-refractivity contribution in [2.24, 2.45) is 4.99 Å². The Morgan fingerprint density at radius 1 is 1.06 bits per heavy atom. The van der Waals surface area contributed by atoms with Gasteiger partial charge in [-0.05, 0) is 124 Å². The molecule has 0 saturated heterocycles. The molecule has 0 saturated carbocycles. The molecule has 1 aliphatic rings. The minimum atomic E-state index is -0.509. The van der Waals surface area contributed by atoms with E-state index in [2.05, 4.69) is 50.2 Å². The second-order valence-corrected chi connectivity index (χ2v) is 9.81. The van der Waals surface area contributed by atoms with Crippen molar-refractivity contribution in [1.29, 1.82) is 0 Å². The van der Waals surface area contributed by atoms with Gasteiger partial charge in [0.1, 0.15) is 12.4 Å². The third-order valence-electron chi connectivity index (χ3n) is 4.93. The number of carbonyl (C=O) groups is 1. The number of halogens is 3. The molecule has 0 spiro atoms. The van der Waals surface area contributed by atoms with E-state index in [-0.39, 0.29) is 24.0 Å². The number of esters is 1. The standard InChI is InChI=1S/C26H20FI2NO4/c1-3-32-23-13-17(11-21(29)24(23)33-14-16-5-4-6-19(27)10-16)12-22-26(31)34-25(30-22)18-7-8-20(28)15(2)9-18/h4-13H,3,14H2,1-2H3/b22-12-. The van der Waals surface area contributed by atoms with E-state index in [0.29, 0.717) is 23.7 Å². The van der Waals surface area contributed by atoms with Crippen molar-refractivity contribution in [3.05, 3.63) is 95.5 Å². The van der Waals surface area contributed by atoms with Crippen LogP contribution in [0.4, 0.5) is 4.39 Å². The van der Waals surface area contributed by atoms with Crippen molar-refractivity contribution >= 4 is 63.1 Å². The third-order valence-corrected chi connectivity index (χ3v) is 6.94. The van der Waals surface area contributed by atoms with Gasteiger partial charge in [0, 0.05) is 9.13 Å². The van der Waals surface area contributed by atoms with Crippen LogP contribution in [0.1, 0.15) is 29.2 Å². The predicted octanol–water partition coefficient (Wildman–Crippen LogP) is 6.67. The molecule has 0 N–H and O–H groups in total. The van der Waals surface area contributed by atoms with E-state index >= 15 is 0 Å². The molecule has 0 unspecified atom stereocenters. The number of rotatable bonds is 7. The molecule has 3 aromatic carbocycles. The number of cyclic esters (lactones) is 1. The SMILES string of the molecule is CCOc1cc(/C=C2\N=C(c3ccc(I)c(C)c3)OC2=O)cc(I)c1OCc1cccc(F)c1. The lowest BCUT2D eigenvalue weighted by Crippen LogP contribution is -2.06. The summed E-state index contributed by atoms with van der Waals surface area (Å²) in [4.78, 5) is 16.9. The van der Waals surface area contributed by atoms with Gasteiger partial charge in [-0.2, -0.15) is 0 Å². The van der Waals surface area contributed by atoms with Gasteiger partial charge in [0.25, 0.3) is 0 Å². The highest BCUT2D eigenvalue weighted by atomic mass is 127. The van der Waals surface area contributed by atoms with E-state index in [1.54, 1.807) is 24.3 Å². The summed E-state index contributed by atoms with van der Waals surface area (Å²) in [7, 11) is 0. The second-order valence-electron chi connectivity index (χ2n) is 7.48. The number of aliphatic imine (C=N–C) groups is 1. The number of hydrogen-bond donors (Lipinski definition) is 0. The zero-order valence-electron chi connectivity index (χ0n) is 18.4. The van der Waals surface area contributed by atoms with Gasteiger partial charge in [-0.25, -0.2) is 14.2 Å². The first kappa shape index (κ1) is 24.6. The summed E-state index contributed by atoms with van der Waals surface area (Å²) in [5.74, 6) is 0.547. The average Bonchev–Trinajstić information content (AvgIpc) is 3.15. The van der Waals surface area contributed by atoms with Gasteiger partial charge >= 0.3 is 5.97 Å². The van der Waals surface area contributed by atoms with Crippen molar-refractivity contribution < 1.29 is 23.4 Å². The minimum absolute atomic E-state index is 0.198. The summed E-state index contributed by atoms with van der Waals surface area (Å²) >= 11 is 4.41. The number of hydrogen-bond acceptors (Lipinski definition) is 5. The topological polar surface area (TPSA) is 57.1 Å². The van der Waals surface area contributed by atoms with Crippen LogP contribution in [0.15, 0.2) is 65.3 Å². The average molecular weight is 683 g/mol. The van der Waals surface area contributed by atoms with E-state index in [9.17, 15) is 9.18 Å². The Morgan fingerprint density at radius 3 is 2.62 bits per heavy atom. The van der Waals surface area contributed by atoms with Gasteiger partial charge in [-0.15, -0.1) is 0 Å². The van der Waals surface area contributed by atoms with Crippen LogP contribution in [0.5, 0.6) is 11.5 Å². The monoisotopic (exact) mass is 683 g/mol. The van der Waals surface area contributed by atoms with Gasteiger partial charge in [-0.1, -0.05) is 12.1 Å². The summed E-state index contributed by atoms with van der Waals surface area (Å²) in [6.07, 6.45) is 1.66. The first-order valence-electron chi connectivity index (χ1n) is 10.5. The van der Waals surface area contributed by atoms with Crippen molar-refractivity contribution in [2.75, 3.05) is 6.61 Å². The maximum Gasteiger partial charge on any atom is 0.363 e. The molecule has 0 amide bonds. The molecule has 8 heteroatoms. The lowest BCUT2D eigenvalue weighted by Gasteiger charge is -2.15. The summed E-state index contributed by atoms with van der Waals surface area (Å²) in [6.45, 7) is 4.50. The predicted molar refractivity (Wildman–Crippen MR) is 146 cm³/mol. The summed E-state index contributed by atoms with van der Waals surface area (Å²) in [5, 5.41) is 0. The van der Waals surface area contributed by atoms with Crippen LogP contribution < -0.4 is 9.47 Å². The van der Waals surface area contributed by atoms with Gasteiger partial charge in [0.15, 0.2) is 17.2 Å². The maximum absolute atomic E-state index is 13.5. The van der Waals surface area contributed by atoms with E-state index < -0.39 is 5.97 Å². The van der Waals surface area contributed by atoms with E-state index in [1.165, 1.54) is 12.1 Å². The lowest BCUT2D eigenvalue weighted by atomic mass is 10.1. The molecule has 0 radical (unpaired) electrons. The second kappa shape index (κ2) is 10.9. The molecule has 3 aromatic rings. The Bertz CT molecular complexity index is 1320. The summed E-state index contributed by atoms with van der Waals surface area (Å²) in [5.41, 5.74) is 3.48. The fourth-order valence-corrected chi connectivity index (χ4v) is 4.44. The highest BCUT2D eigenvalue weighted by molar-refractivity contribution is 14.1. The van der Waals surface area contributed by atoms with Gasteiger partial charge in [0.2, 0.25) is 5.90 Å². The number of ether oxygens (including phenoxy) is 3. The Hall–Kier alpha value is -2.47. The first-order chi connectivity index (χ1) is 16.3. The van der Waals surface area contributed by atoms with Gasteiger partial charge in [0.05, 0.1) is 10.2 Å². The van der Waals surface area contributed by atoms with Crippen molar-refractivity contribution in [3.63, 3.8) is 0 Å². The quantitative estimate of drug-likeness (QED) is 0.159. The molecule has 174 valence electrons. The van der Waals surface area contributed by atoms with E-state index in [4.69, 9.17) is 14.2 Å². The van der Waals surface area contributed by atoms with Crippen LogP contribution in [0, 0.1) is 19.9 Å². The molecule has 1 aliphatic heterocycles. The summed E-state index contributed by atoms with van der Waals surface area (Å²) in [6, 6.07) is 15.7. The fourth-order valence-electron chi connectivity index (χ4n) is 3.32. The molecule has 0 bridgehead atoms. The van der Waals surface area contributed by atoms with Gasteiger partial charge < -0.3 is 14.2 Å². The van der Waals surface area contributed by atoms with Crippen LogP contribution in [0.25, 0.3) is 6.08 Å². The number of benzene rings is 3. The Labute approximate surface area is 224 Å². The molecule has 34 heavy (non-hydrogen) atoms. The molecule has 5 nitrogen and oxygen atoms in total. The maximum atomic E-state index is 13.5. The Kier molecular flexibility index (Phi) is 7.87. The van der Waals surface area contributed by atoms with Gasteiger partial charge in [-0.3, -0.25) is 0 Å². The van der Waals surface area contributed by atoms with Crippen molar-refractivity contribution in [3.8, 4) is 11.5 Å². The molecule has 0 aliphatic carbocycles. The zero-order valence-corrected chi connectivity index (χ0v) is 22.7. The van der Waals surface area contributed by atoms with E-state index in [1.807, 2.05) is 38.1 Å². The van der Waals surface area contributed by atoms with Crippen LogP contribution in [-0.4, -0.2) is 18.5 Å². The Balaban J connectivity index is 1.61.